The predicted molar refractivity (Wildman–Crippen MR) is 69.9 cm³/mol. The lowest BCUT2D eigenvalue weighted by atomic mass is 9.86. The molecule has 0 aromatic heterocycles. The molecule has 0 unspecified atom stereocenters. The largest absolute Gasteiger partial charge is 0.381 e. The Hall–Kier alpha value is -0.970. The molecule has 0 bridgehead atoms. The fourth-order valence-corrected chi connectivity index (χ4v) is 2.51. The Kier molecular flexibility index (Phi) is 4.55. The van der Waals surface area contributed by atoms with Crippen molar-refractivity contribution < 1.29 is 18.7 Å². The van der Waals surface area contributed by atoms with Gasteiger partial charge in [-0.3, -0.25) is 4.79 Å². The van der Waals surface area contributed by atoms with E-state index < -0.39 is 11.4 Å². The van der Waals surface area contributed by atoms with Crippen LogP contribution in [0.4, 0.5) is 4.39 Å². The van der Waals surface area contributed by atoms with Gasteiger partial charge >= 0.3 is 0 Å². The molecule has 1 aliphatic heterocycles. The minimum absolute atomic E-state index is 0.00848. The van der Waals surface area contributed by atoms with E-state index in [2.05, 4.69) is 0 Å². The molecule has 3 nitrogen and oxygen atoms in total. The third-order valence-electron chi connectivity index (χ3n) is 3.58. The third kappa shape index (κ3) is 2.96. The van der Waals surface area contributed by atoms with Crippen LogP contribution in [0.2, 0.25) is 5.02 Å². The average Bonchev–Trinajstić information content (AvgIpc) is 2.44. The molecule has 0 radical (unpaired) electrons. The number of hydrogen-bond acceptors (Lipinski definition) is 3. The van der Waals surface area contributed by atoms with Crippen molar-refractivity contribution in [3.05, 3.63) is 34.6 Å². The molecule has 0 saturated carbocycles. The molecule has 1 aliphatic rings. The van der Waals surface area contributed by atoms with Crippen LogP contribution in [0.1, 0.15) is 18.4 Å². The molecule has 2 rings (SSSR count). The molecular formula is C14H16ClFO3. The lowest BCUT2D eigenvalue weighted by Crippen LogP contribution is -2.46. The van der Waals surface area contributed by atoms with Crippen molar-refractivity contribution >= 4 is 17.4 Å². The summed E-state index contributed by atoms with van der Waals surface area (Å²) >= 11 is 5.87. The molecule has 104 valence electrons. The quantitative estimate of drug-likeness (QED) is 0.854. The molecule has 5 heteroatoms. The number of rotatable bonds is 4. The van der Waals surface area contributed by atoms with Gasteiger partial charge in [0.1, 0.15) is 11.4 Å². The van der Waals surface area contributed by atoms with E-state index in [4.69, 9.17) is 21.1 Å². The van der Waals surface area contributed by atoms with Gasteiger partial charge in [-0.15, -0.1) is 0 Å². The number of methoxy groups -OCH3 is 1. The molecule has 0 spiro atoms. The van der Waals surface area contributed by atoms with Crippen molar-refractivity contribution in [3.63, 3.8) is 0 Å². The molecule has 0 aliphatic carbocycles. The summed E-state index contributed by atoms with van der Waals surface area (Å²) in [5.74, 6) is -0.587. The SMILES string of the molecule is COC1(C(=O)Cc2cccc(F)c2Cl)CCOCC1. The van der Waals surface area contributed by atoms with E-state index in [1.807, 2.05) is 0 Å². The van der Waals surface area contributed by atoms with Gasteiger partial charge in [-0.2, -0.15) is 0 Å². The number of ether oxygens (including phenoxy) is 2. The van der Waals surface area contributed by atoms with Crippen LogP contribution in [-0.4, -0.2) is 31.7 Å². The molecule has 1 fully saturated rings. The minimum Gasteiger partial charge on any atom is -0.381 e. The second kappa shape index (κ2) is 5.99. The van der Waals surface area contributed by atoms with Crippen LogP contribution >= 0.6 is 11.6 Å². The van der Waals surface area contributed by atoms with Crippen molar-refractivity contribution in [3.8, 4) is 0 Å². The molecule has 0 atom stereocenters. The second-order valence-corrected chi connectivity index (χ2v) is 5.00. The topological polar surface area (TPSA) is 35.5 Å². The van der Waals surface area contributed by atoms with Gasteiger partial charge in [-0.1, -0.05) is 23.7 Å². The summed E-state index contributed by atoms with van der Waals surface area (Å²) in [6.07, 6.45) is 1.12. The van der Waals surface area contributed by atoms with Crippen LogP contribution in [0.15, 0.2) is 18.2 Å². The number of benzene rings is 1. The Morgan fingerprint density at radius 3 is 2.79 bits per heavy atom. The number of carbonyl (C=O) groups excluding carboxylic acids is 1. The number of halogens is 2. The van der Waals surface area contributed by atoms with Gasteiger partial charge in [0.25, 0.3) is 0 Å². The fourth-order valence-electron chi connectivity index (χ4n) is 2.32. The molecule has 19 heavy (non-hydrogen) atoms. The van der Waals surface area contributed by atoms with Gasteiger partial charge in [0.2, 0.25) is 0 Å². The highest BCUT2D eigenvalue weighted by Gasteiger charge is 2.39. The molecule has 1 aromatic carbocycles. The summed E-state index contributed by atoms with van der Waals surface area (Å²) < 4.78 is 24.0. The van der Waals surface area contributed by atoms with Crippen molar-refractivity contribution in [2.75, 3.05) is 20.3 Å². The van der Waals surface area contributed by atoms with E-state index in [0.29, 0.717) is 31.6 Å². The van der Waals surface area contributed by atoms with E-state index in [9.17, 15) is 9.18 Å². The van der Waals surface area contributed by atoms with Crippen LogP contribution in [0, 0.1) is 5.82 Å². The third-order valence-corrected chi connectivity index (χ3v) is 4.01. The zero-order valence-electron chi connectivity index (χ0n) is 10.7. The molecule has 1 aromatic rings. The first kappa shape index (κ1) is 14.4. The summed E-state index contributed by atoms with van der Waals surface area (Å²) in [6.45, 7) is 0.993. The highest BCUT2D eigenvalue weighted by Crippen LogP contribution is 2.29. The second-order valence-electron chi connectivity index (χ2n) is 4.62. The van der Waals surface area contributed by atoms with Crippen LogP contribution in [0.3, 0.4) is 0 Å². The predicted octanol–water partition coefficient (Wildman–Crippen LogP) is 2.79. The molecule has 1 heterocycles. The maximum atomic E-state index is 13.4. The Bertz CT molecular complexity index is 470. The van der Waals surface area contributed by atoms with Crippen molar-refractivity contribution in [1.29, 1.82) is 0 Å². The van der Waals surface area contributed by atoms with Crippen molar-refractivity contribution in [1.82, 2.24) is 0 Å². The summed E-state index contributed by atoms with van der Waals surface area (Å²) in [7, 11) is 1.52. The monoisotopic (exact) mass is 286 g/mol. The van der Waals surface area contributed by atoms with Crippen molar-refractivity contribution in [2.24, 2.45) is 0 Å². The summed E-state index contributed by atoms with van der Waals surface area (Å²) in [5.41, 5.74) is -0.331. The molecule has 1 saturated heterocycles. The summed E-state index contributed by atoms with van der Waals surface area (Å²) in [6, 6.07) is 4.48. The smallest absolute Gasteiger partial charge is 0.169 e. The molecular weight excluding hydrogens is 271 g/mol. The van der Waals surface area contributed by atoms with E-state index in [1.165, 1.54) is 13.2 Å². The lowest BCUT2D eigenvalue weighted by molar-refractivity contribution is -0.151. The Morgan fingerprint density at radius 2 is 2.16 bits per heavy atom. The highest BCUT2D eigenvalue weighted by molar-refractivity contribution is 6.31. The molecule has 0 N–H and O–H groups in total. The summed E-state index contributed by atoms with van der Waals surface area (Å²) in [5, 5.41) is 0.00848. The number of hydrogen-bond donors (Lipinski definition) is 0. The van der Waals surface area contributed by atoms with E-state index in [0.717, 1.165) is 0 Å². The Balaban J connectivity index is 2.17. The average molecular weight is 287 g/mol. The first-order valence-corrected chi connectivity index (χ1v) is 6.56. The van der Waals surface area contributed by atoms with Gasteiger partial charge in [0.15, 0.2) is 5.78 Å². The summed E-state index contributed by atoms with van der Waals surface area (Å²) in [4.78, 5) is 12.4. The van der Waals surface area contributed by atoms with Gasteiger partial charge in [0.05, 0.1) is 5.02 Å². The van der Waals surface area contributed by atoms with Gasteiger partial charge in [-0.25, -0.2) is 4.39 Å². The van der Waals surface area contributed by atoms with E-state index in [-0.39, 0.29) is 17.2 Å². The lowest BCUT2D eigenvalue weighted by Gasteiger charge is -2.34. The standard InChI is InChI=1S/C14H16ClFO3/c1-18-14(5-7-19-8-6-14)12(17)9-10-3-2-4-11(16)13(10)15/h2-4H,5-9H2,1H3. The fraction of sp³-hybridized carbons (Fsp3) is 0.500. The van der Waals surface area contributed by atoms with Gasteiger partial charge in [-0.05, 0) is 11.6 Å². The zero-order valence-corrected chi connectivity index (χ0v) is 11.5. The maximum absolute atomic E-state index is 13.4. The van der Waals surface area contributed by atoms with Crippen molar-refractivity contribution in [2.45, 2.75) is 24.9 Å². The van der Waals surface area contributed by atoms with Gasteiger partial charge in [0, 0.05) is 39.6 Å². The number of Topliss-reactive ketones (excluding diaryl/α,β-unsaturated/α-hetero) is 1. The number of ketones is 1. The Labute approximate surface area is 116 Å². The first-order chi connectivity index (χ1) is 9.09. The maximum Gasteiger partial charge on any atom is 0.169 e. The molecule has 0 amide bonds. The van der Waals surface area contributed by atoms with Crippen LogP contribution in [-0.2, 0) is 20.7 Å². The first-order valence-electron chi connectivity index (χ1n) is 6.18. The Morgan fingerprint density at radius 1 is 1.47 bits per heavy atom. The van der Waals surface area contributed by atoms with Crippen LogP contribution < -0.4 is 0 Å². The van der Waals surface area contributed by atoms with Crippen LogP contribution in [0.25, 0.3) is 0 Å². The van der Waals surface area contributed by atoms with Crippen LogP contribution in [0.5, 0.6) is 0 Å². The normalized spacial score (nSPS) is 18.3. The van der Waals surface area contributed by atoms with E-state index in [1.54, 1.807) is 12.1 Å². The van der Waals surface area contributed by atoms with Gasteiger partial charge < -0.3 is 9.47 Å². The minimum atomic E-state index is -0.825. The number of carbonyl (C=O) groups is 1. The highest BCUT2D eigenvalue weighted by atomic mass is 35.5. The zero-order chi connectivity index (χ0) is 13.9. The van der Waals surface area contributed by atoms with E-state index >= 15 is 0 Å².